The number of carbonyl (C=O) groups is 1. The lowest BCUT2D eigenvalue weighted by atomic mass is 9.76. The molecule has 0 radical (unpaired) electrons. The summed E-state index contributed by atoms with van der Waals surface area (Å²) in [5.41, 5.74) is 0.447. The molecular formula is C21H30Cl2N2O3. The van der Waals surface area contributed by atoms with Crippen molar-refractivity contribution in [1.82, 2.24) is 10.2 Å². The van der Waals surface area contributed by atoms with E-state index >= 15 is 0 Å². The number of benzene rings is 1. The van der Waals surface area contributed by atoms with Gasteiger partial charge >= 0.3 is 0 Å². The molecule has 1 aliphatic carbocycles. The number of halogens is 2. The van der Waals surface area contributed by atoms with Crippen LogP contribution in [0.3, 0.4) is 0 Å². The van der Waals surface area contributed by atoms with Gasteiger partial charge in [0, 0.05) is 35.9 Å². The molecule has 1 saturated carbocycles. The lowest BCUT2D eigenvalue weighted by molar-refractivity contribution is -0.315. The molecule has 1 aromatic rings. The van der Waals surface area contributed by atoms with Gasteiger partial charge in [-0.2, -0.15) is 0 Å². The summed E-state index contributed by atoms with van der Waals surface area (Å²) in [6.45, 7) is 6.31. The SMILES string of the molecule is CN(C)C1(CNC(=O)c2ccc(Cl)c(Cl)c2)CCC2(CC1)OCC(C)(C)CO2. The van der Waals surface area contributed by atoms with Crippen LogP contribution in [0.5, 0.6) is 0 Å². The molecule has 1 heterocycles. The number of carbonyl (C=O) groups excluding carboxylic acids is 1. The molecule has 1 aromatic carbocycles. The second-order valence-corrected chi connectivity index (χ2v) is 9.90. The van der Waals surface area contributed by atoms with Crippen LogP contribution in [-0.4, -0.2) is 56.0 Å². The Kier molecular flexibility index (Phi) is 6.33. The van der Waals surface area contributed by atoms with E-state index in [9.17, 15) is 4.79 Å². The number of nitrogens with zero attached hydrogens (tertiary/aromatic N) is 1. The maximum Gasteiger partial charge on any atom is 0.251 e. The van der Waals surface area contributed by atoms with Crippen LogP contribution in [0, 0.1) is 5.41 Å². The lowest BCUT2D eigenvalue weighted by Crippen LogP contribution is -2.59. The van der Waals surface area contributed by atoms with E-state index in [0.29, 0.717) is 22.2 Å². The number of nitrogens with one attached hydrogen (secondary N) is 1. The highest BCUT2D eigenvalue weighted by Gasteiger charge is 2.48. The second kappa shape index (κ2) is 8.11. The lowest BCUT2D eigenvalue weighted by Gasteiger charge is -2.52. The van der Waals surface area contributed by atoms with Gasteiger partial charge in [-0.05, 0) is 45.1 Å². The van der Waals surface area contributed by atoms with Crippen LogP contribution in [-0.2, 0) is 9.47 Å². The van der Waals surface area contributed by atoms with Crippen molar-refractivity contribution in [3.63, 3.8) is 0 Å². The van der Waals surface area contributed by atoms with Gasteiger partial charge in [0.2, 0.25) is 0 Å². The first-order valence-corrected chi connectivity index (χ1v) is 10.5. The van der Waals surface area contributed by atoms with Crippen LogP contribution in [0.4, 0.5) is 0 Å². The van der Waals surface area contributed by atoms with Gasteiger partial charge in [-0.1, -0.05) is 37.0 Å². The summed E-state index contributed by atoms with van der Waals surface area (Å²) in [5, 5.41) is 3.90. The summed E-state index contributed by atoms with van der Waals surface area (Å²) < 4.78 is 12.3. The fraction of sp³-hybridized carbons (Fsp3) is 0.667. The van der Waals surface area contributed by atoms with Crippen LogP contribution in [0.1, 0.15) is 49.9 Å². The molecule has 1 spiro atoms. The molecule has 1 amide bonds. The van der Waals surface area contributed by atoms with Gasteiger partial charge in [0.05, 0.1) is 23.3 Å². The highest BCUT2D eigenvalue weighted by molar-refractivity contribution is 6.42. The van der Waals surface area contributed by atoms with Crippen LogP contribution in [0.15, 0.2) is 18.2 Å². The van der Waals surface area contributed by atoms with Crippen LogP contribution in [0.2, 0.25) is 10.0 Å². The minimum Gasteiger partial charge on any atom is -0.350 e. The van der Waals surface area contributed by atoms with Crippen molar-refractivity contribution in [3.05, 3.63) is 33.8 Å². The zero-order valence-electron chi connectivity index (χ0n) is 17.1. The van der Waals surface area contributed by atoms with Gasteiger partial charge in [0.25, 0.3) is 5.91 Å². The van der Waals surface area contributed by atoms with Crippen molar-refractivity contribution in [2.24, 2.45) is 5.41 Å². The summed E-state index contributed by atoms with van der Waals surface area (Å²) in [6, 6.07) is 4.93. The molecular weight excluding hydrogens is 399 g/mol. The standard InChI is InChI=1S/C21H30Cl2N2O3/c1-19(2)13-27-21(28-14-19)9-7-20(8-10-21,25(3)4)12-24-18(26)15-5-6-16(22)17(23)11-15/h5-6,11H,7-10,12-14H2,1-4H3,(H,24,26). The van der Waals surface area contributed by atoms with E-state index in [4.69, 9.17) is 32.7 Å². The van der Waals surface area contributed by atoms with E-state index in [1.54, 1.807) is 18.2 Å². The van der Waals surface area contributed by atoms with Crippen molar-refractivity contribution in [2.75, 3.05) is 33.9 Å². The summed E-state index contributed by atoms with van der Waals surface area (Å²) in [6.07, 6.45) is 3.43. The monoisotopic (exact) mass is 428 g/mol. The van der Waals surface area contributed by atoms with Gasteiger partial charge in [-0.3, -0.25) is 4.79 Å². The highest BCUT2D eigenvalue weighted by atomic mass is 35.5. The van der Waals surface area contributed by atoms with Gasteiger partial charge < -0.3 is 19.7 Å². The summed E-state index contributed by atoms with van der Waals surface area (Å²) in [4.78, 5) is 14.8. The quantitative estimate of drug-likeness (QED) is 0.773. The predicted octanol–water partition coefficient (Wildman–Crippen LogP) is 4.37. The topological polar surface area (TPSA) is 50.8 Å². The first-order valence-electron chi connectivity index (χ1n) is 9.75. The Labute approximate surface area is 177 Å². The average Bonchev–Trinajstić information content (AvgIpc) is 2.66. The van der Waals surface area contributed by atoms with Crippen LogP contribution >= 0.6 is 23.2 Å². The number of hydrogen-bond donors (Lipinski definition) is 1. The fourth-order valence-corrected chi connectivity index (χ4v) is 4.19. The van der Waals surface area contributed by atoms with Gasteiger partial charge in [-0.15, -0.1) is 0 Å². The Morgan fingerprint density at radius 3 is 2.21 bits per heavy atom. The number of amides is 1. The smallest absolute Gasteiger partial charge is 0.251 e. The van der Waals surface area contributed by atoms with Gasteiger partial charge in [0.15, 0.2) is 5.79 Å². The first kappa shape index (κ1) is 21.8. The van der Waals surface area contributed by atoms with Gasteiger partial charge in [0.1, 0.15) is 0 Å². The molecule has 2 aliphatic rings. The Balaban J connectivity index is 1.62. The van der Waals surface area contributed by atoms with Crippen molar-refractivity contribution in [3.8, 4) is 0 Å². The largest absolute Gasteiger partial charge is 0.350 e. The fourth-order valence-electron chi connectivity index (χ4n) is 3.89. The minimum absolute atomic E-state index is 0.0646. The van der Waals surface area contributed by atoms with E-state index in [-0.39, 0.29) is 16.9 Å². The molecule has 28 heavy (non-hydrogen) atoms. The second-order valence-electron chi connectivity index (χ2n) is 9.08. The third-order valence-electron chi connectivity index (χ3n) is 6.10. The van der Waals surface area contributed by atoms with Crippen molar-refractivity contribution >= 4 is 29.1 Å². The Morgan fingerprint density at radius 1 is 1.07 bits per heavy atom. The molecule has 0 atom stereocenters. The van der Waals surface area contributed by atoms with Gasteiger partial charge in [-0.25, -0.2) is 0 Å². The number of hydrogen-bond acceptors (Lipinski definition) is 4. The normalized spacial score (nSPS) is 23.0. The molecule has 0 aromatic heterocycles. The van der Waals surface area contributed by atoms with E-state index in [2.05, 4.69) is 38.2 Å². The van der Waals surface area contributed by atoms with Crippen molar-refractivity contribution < 1.29 is 14.3 Å². The molecule has 156 valence electrons. The zero-order valence-corrected chi connectivity index (χ0v) is 18.6. The highest BCUT2D eigenvalue weighted by Crippen LogP contribution is 2.43. The van der Waals surface area contributed by atoms with Crippen molar-refractivity contribution in [1.29, 1.82) is 0 Å². The average molecular weight is 429 g/mol. The van der Waals surface area contributed by atoms with Crippen LogP contribution < -0.4 is 5.32 Å². The minimum atomic E-state index is -0.470. The van der Waals surface area contributed by atoms with Crippen molar-refractivity contribution in [2.45, 2.75) is 50.9 Å². The summed E-state index contributed by atoms with van der Waals surface area (Å²) >= 11 is 12.0. The Bertz CT molecular complexity index is 716. The number of likely N-dealkylation sites (N-methyl/N-ethyl adjacent to an activating group) is 1. The molecule has 0 bridgehead atoms. The molecule has 5 nitrogen and oxygen atoms in total. The Morgan fingerprint density at radius 2 is 1.68 bits per heavy atom. The van der Waals surface area contributed by atoms with E-state index < -0.39 is 5.79 Å². The summed E-state index contributed by atoms with van der Waals surface area (Å²) in [5.74, 6) is -0.616. The number of rotatable bonds is 4. The maximum absolute atomic E-state index is 12.6. The molecule has 1 N–H and O–H groups in total. The summed E-state index contributed by atoms with van der Waals surface area (Å²) in [7, 11) is 4.13. The Hall–Kier alpha value is -0.850. The molecule has 0 unspecified atom stereocenters. The predicted molar refractivity (Wildman–Crippen MR) is 112 cm³/mol. The third kappa shape index (κ3) is 4.65. The number of ether oxygens (including phenoxy) is 2. The maximum atomic E-state index is 12.6. The van der Waals surface area contributed by atoms with Crippen LogP contribution in [0.25, 0.3) is 0 Å². The third-order valence-corrected chi connectivity index (χ3v) is 6.84. The zero-order chi connectivity index (χ0) is 20.6. The molecule has 1 aliphatic heterocycles. The van der Waals surface area contributed by atoms with E-state index in [1.807, 2.05) is 0 Å². The molecule has 1 saturated heterocycles. The molecule has 7 heteroatoms. The molecule has 2 fully saturated rings. The first-order chi connectivity index (χ1) is 13.1. The van der Waals surface area contributed by atoms with E-state index in [1.165, 1.54) is 0 Å². The molecule has 3 rings (SSSR count). The van der Waals surface area contributed by atoms with E-state index in [0.717, 1.165) is 38.9 Å².